The second-order valence-electron chi connectivity index (χ2n) is 4.79. The van der Waals surface area contributed by atoms with E-state index in [-0.39, 0.29) is 12.3 Å². The Balaban J connectivity index is 1.97. The van der Waals surface area contributed by atoms with Gasteiger partial charge in [0.1, 0.15) is 0 Å². The van der Waals surface area contributed by atoms with Gasteiger partial charge in [0.05, 0.1) is 12.1 Å². The molecular formula is C14H24N2O2. The monoisotopic (exact) mass is 252 g/mol. The lowest BCUT2D eigenvalue weighted by atomic mass is 9.98. The number of nitrogens with one attached hydrogen (secondary N) is 1. The zero-order chi connectivity index (χ0) is 13.2. The Morgan fingerprint density at radius 3 is 2.83 bits per heavy atom. The lowest BCUT2D eigenvalue weighted by Gasteiger charge is -2.22. The van der Waals surface area contributed by atoms with E-state index >= 15 is 0 Å². The molecule has 0 spiro atoms. The van der Waals surface area contributed by atoms with Gasteiger partial charge in [0, 0.05) is 19.6 Å². The van der Waals surface area contributed by atoms with Crippen LogP contribution in [0.15, 0.2) is 0 Å². The average molecular weight is 252 g/mol. The summed E-state index contributed by atoms with van der Waals surface area (Å²) in [7, 11) is 0. The molecule has 0 aromatic rings. The van der Waals surface area contributed by atoms with Gasteiger partial charge < -0.3 is 15.8 Å². The van der Waals surface area contributed by atoms with Crippen LogP contribution in [-0.4, -0.2) is 31.2 Å². The molecule has 1 atom stereocenters. The van der Waals surface area contributed by atoms with E-state index in [2.05, 4.69) is 11.2 Å². The molecule has 18 heavy (non-hydrogen) atoms. The Morgan fingerprint density at radius 2 is 2.17 bits per heavy atom. The fourth-order valence-electron chi connectivity index (χ4n) is 2.12. The van der Waals surface area contributed by atoms with Gasteiger partial charge in [-0.3, -0.25) is 4.79 Å². The van der Waals surface area contributed by atoms with Crippen molar-refractivity contribution in [1.82, 2.24) is 5.32 Å². The molecule has 1 amide bonds. The fraction of sp³-hybridized carbons (Fsp3) is 0.786. The Hall–Kier alpha value is -1.05. The normalized spacial score (nSPS) is 18.0. The van der Waals surface area contributed by atoms with Crippen molar-refractivity contribution in [2.75, 3.05) is 13.2 Å². The number of rotatable bonds is 7. The minimum atomic E-state index is -0.589. The van der Waals surface area contributed by atoms with Crippen molar-refractivity contribution in [1.29, 1.82) is 0 Å². The molecule has 3 N–H and O–H groups in total. The molecule has 4 heteroatoms. The first kappa shape index (κ1) is 15.0. The van der Waals surface area contributed by atoms with Gasteiger partial charge in [-0.05, 0) is 19.3 Å². The Labute approximate surface area is 110 Å². The smallest absolute Gasteiger partial charge is 0.237 e. The topological polar surface area (TPSA) is 64.4 Å². The summed E-state index contributed by atoms with van der Waals surface area (Å²) in [5.41, 5.74) is 5.57. The van der Waals surface area contributed by atoms with E-state index < -0.39 is 6.04 Å². The lowest BCUT2D eigenvalue weighted by Crippen LogP contribution is -2.40. The molecule has 0 heterocycles. The highest BCUT2D eigenvalue weighted by atomic mass is 16.5. The largest absolute Gasteiger partial charge is 0.378 e. The van der Waals surface area contributed by atoms with Crippen LogP contribution in [0, 0.1) is 12.3 Å². The predicted molar refractivity (Wildman–Crippen MR) is 71.9 cm³/mol. The Kier molecular flexibility index (Phi) is 7.47. The molecule has 1 fully saturated rings. The van der Waals surface area contributed by atoms with Gasteiger partial charge in [-0.2, -0.15) is 0 Å². The molecular weight excluding hydrogens is 228 g/mol. The van der Waals surface area contributed by atoms with Crippen molar-refractivity contribution < 1.29 is 9.53 Å². The summed E-state index contributed by atoms with van der Waals surface area (Å²) in [5.74, 6) is 2.21. The predicted octanol–water partition coefficient (Wildman–Crippen LogP) is 1.19. The molecule has 1 aliphatic rings. The molecule has 1 unspecified atom stereocenters. The molecule has 0 saturated heterocycles. The molecule has 0 aromatic carbocycles. The summed E-state index contributed by atoms with van der Waals surface area (Å²) in [4.78, 5) is 11.4. The van der Waals surface area contributed by atoms with Gasteiger partial charge in [0.2, 0.25) is 5.91 Å². The first-order valence-corrected chi connectivity index (χ1v) is 6.82. The van der Waals surface area contributed by atoms with Crippen molar-refractivity contribution in [2.45, 2.75) is 57.1 Å². The molecule has 1 rings (SSSR count). The molecule has 1 saturated carbocycles. The first-order chi connectivity index (χ1) is 8.74. The standard InChI is InChI=1S/C14H24N2O2/c1-2-7-13(15)14(17)16-10-6-11-18-12-8-4-3-5-9-12/h1,12-13H,3-11,15H2,(H,16,17). The highest BCUT2D eigenvalue weighted by Gasteiger charge is 2.13. The van der Waals surface area contributed by atoms with Crippen molar-refractivity contribution >= 4 is 5.91 Å². The number of hydrogen-bond acceptors (Lipinski definition) is 3. The summed E-state index contributed by atoms with van der Waals surface area (Å²) in [6.07, 6.45) is 12.9. The summed E-state index contributed by atoms with van der Waals surface area (Å²) < 4.78 is 5.76. The number of nitrogens with two attached hydrogens (primary N) is 1. The average Bonchev–Trinajstić information content (AvgIpc) is 2.39. The maximum absolute atomic E-state index is 11.4. The van der Waals surface area contributed by atoms with E-state index in [1.54, 1.807) is 0 Å². The minimum Gasteiger partial charge on any atom is -0.378 e. The second-order valence-corrected chi connectivity index (χ2v) is 4.79. The lowest BCUT2D eigenvalue weighted by molar-refractivity contribution is -0.122. The molecule has 102 valence electrons. The maximum Gasteiger partial charge on any atom is 0.237 e. The molecule has 0 aromatic heterocycles. The van der Waals surface area contributed by atoms with Crippen LogP contribution in [0.1, 0.15) is 44.9 Å². The molecule has 0 aliphatic heterocycles. The maximum atomic E-state index is 11.4. The summed E-state index contributed by atoms with van der Waals surface area (Å²) in [5, 5.41) is 2.77. The number of amides is 1. The van der Waals surface area contributed by atoms with E-state index in [1.807, 2.05) is 0 Å². The molecule has 0 bridgehead atoms. The van der Waals surface area contributed by atoms with Crippen molar-refractivity contribution in [3.8, 4) is 12.3 Å². The van der Waals surface area contributed by atoms with Crippen LogP contribution in [-0.2, 0) is 9.53 Å². The van der Waals surface area contributed by atoms with Gasteiger partial charge in [0.15, 0.2) is 0 Å². The molecule has 4 nitrogen and oxygen atoms in total. The van der Waals surface area contributed by atoms with Gasteiger partial charge in [0.25, 0.3) is 0 Å². The summed E-state index contributed by atoms with van der Waals surface area (Å²) >= 11 is 0. The van der Waals surface area contributed by atoms with Crippen LogP contribution in [0.3, 0.4) is 0 Å². The van der Waals surface area contributed by atoms with Gasteiger partial charge >= 0.3 is 0 Å². The highest BCUT2D eigenvalue weighted by molar-refractivity contribution is 5.81. The van der Waals surface area contributed by atoms with Crippen LogP contribution in [0.2, 0.25) is 0 Å². The SMILES string of the molecule is C#CCC(N)C(=O)NCCCOC1CCCCC1. The van der Waals surface area contributed by atoms with Crippen molar-refractivity contribution in [2.24, 2.45) is 5.73 Å². The van der Waals surface area contributed by atoms with Crippen LogP contribution in [0.5, 0.6) is 0 Å². The van der Waals surface area contributed by atoms with Crippen LogP contribution >= 0.6 is 0 Å². The zero-order valence-electron chi connectivity index (χ0n) is 11.0. The van der Waals surface area contributed by atoms with E-state index in [4.69, 9.17) is 16.9 Å². The van der Waals surface area contributed by atoms with E-state index in [1.165, 1.54) is 32.1 Å². The second kappa shape index (κ2) is 8.96. The summed E-state index contributed by atoms with van der Waals surface area (Å²) in [6, 6.07) is -0.589. The summed E-state index contributed by atoms with van der Waals surface area (Å²) in [6.45, 7) is 1.30. The van der Waals surface area contributed by atoms with E-state index in [9.17, 15) is 4.79 Å². The number of hydrogen-bond donors (Lipinski definition) is 2. The van der Waals surface area contributed by atoms with Crippen molar-refractivity contribution in [3.05, 3.63) is 0 Å². The number of carbonyl (C=O) groups is 1. The third-order valence-electron chi connectivity index (χ3n) is 3.20. The Morgan fingerprint density at radius 1 is 1.44 bits per heavy atom. The third kappa shape index (κ3) is 6.04. The Bertz CT molecular complexity index is 280. The van der Waals surface area contributed by atoms with Crippen LogP contribution in [0.25, 0.3) is 0 Å². The number of carbonyl (C=O) groups excluding carboxylic acids is 1. The van der Waals surface area contributed by atoms with Crippen molar-refractivity contribution in [3.63, 3.8) is 0 Å². The fourth-order valence-corrected chi connectivity index (χ4v) is 2.12. The highest BCUT2D eigenvalue weighted by Crippen LogP contribution is 2.20. The van der Waals surface area contributed by atoms with E-state index in [0.717, 1.165) is 6.42 Å². The van der Waals surface area contributed by atoms with E-state index in [0.29, 0.717) is 19.3 Å². The number of terminal acetylenes is 1. The van der Waals surface area contributed by atoms with Gasteiger partial charge in [-0.25, -0.2) is 0 Å². The molecule has 0 radical (unpaired) electrons. The first-order valence-electron chi connectivity index (χ1n) is 6.82. The van der Waals surface area contributed by atoms with Gasteiger partial charge in [-0.15, -0.1) is 12.3 Å². The zero-order valence-corrected chi connectivity index (χ0v) is 11.0. The van der Waals surface area contributed by atoms with Crippen LogP contribution < -0.4 is 11.1 Å². The quantitative estimate of drug-likeness (QED) is 0.528. The third-order valence-corrected chi connectivity index (χ3v) is 3.20. The molecule has 1 aliphatic carbocycles. The minimum absolute atomic E-state index is 0.175. The number of ether oxygens (including phenoxy) is 1. The van der Waals surface area contributed by atoms with Crippen LogP contribution in [0.4, 0.5) is 0 Å². The van der Waals surface area contributed by atoms with Gasteiger partial charge in [-0.1, -0.05) is 19.3 Å².